The van der Waals surface area contributed by atoms with Crippen molar-refractivity contribution in [2.45, 2.75) is 45.2 Å². The molecule has 2 heterocycles. The average Bonchev–Trinajstić information content (AvgIpc) is 3.64. The Balaban J connectivity index is 1.30. The minimum absolute atomic E-state index is 0.0142. The van der Waals surface area contributed by atoms with E-state index in [1.54, 1.807) is 28.9 Å². The molecule has 4 rings (SSSR count). The highest BCUT2D eigenvalue weighted by atomic mass is 16.2. The summed E-state index contributed by atoms with van der Waals surface area (Å²) in [6, 6.07) is 13.8. The van der Waals surface area contributed by atoms with Crippen LogP contribution in [0, 0.1) is 0 Å². The number of carbonyl (C=O) groups is 4. The summed E-state index contributed by atoms with van der Waals surface area (Å²) in [5.74, 6) is -0.519. The number of hydrogen-bond donors (Lipinski definition) is 2. The molecule has 2 aromatic carbocycles. The van der Waals surface area contributed by atoms with Crippen LogP contribution in [0.15, 0.2) is 72.8 Å². The van der Waals surface area contributed by atoms with Gasteiger partial charge >= 0.3 is 0 Å². The van der Waals surface area contributed by atoms with Gasteiger partial charge < -0.3 is 20.4 Å². The Labute approximate surface area is 229 Å². The molecule has 2 aliphatic heterocycles. The molecule has 39 heavy (non-hydrogen) atoms. The number of nitrogens with zero attached hydrogens (tertiary/aromatic N) is 2. The van der Waals surface area contributed by atoms with E-state index in [4.69, 9.17) is 0 Å². The van der Waals surface area contributed by atoms with Crippen LogP contribution in [0.25, 0.3) is 12.2 Å². The molecule has 0 aromatic heterocycles. The number of nitrogens with one attached hydrogen (secondary N) is 2. The monoisotopic (exact) mass is 526 g/mol. The molecule has 202 valence electrons. The molecule has 0 aliphatic carbocycles. The topological polar surface area (TPSA) is 98.8 Å². The summed E-state index contributed by atoms with van der Waals surface area (Å²) in [7, 11) is 0. The highest BCUT2D eigenvalue weighted by Gasteiger charge is 2.30. The second-order valence-corrected chi connectivity index (χ2v) is 9.50. The Morgan fingerprint density at radius 3 is 1.56 bits per heavy atom. The second-order valence-electron chi connectivity index (χ2n) is 9.50. The van der Waals surface area contributed by atoms with Crippen molar-refractivity contribution >= 4 is 47.2 Å². The van der Waals surface area contributed by atoms with Crippen LogP contribution in [0.4, 0.5) is 11.4 Å². The van der Waals surface area contributed by atoms with E-state index in [1.165, 1.54) is 0 Å². The number of carbonyl (C=O) groups excluding carboxylic acids is 4. The van der Waals surface area contributed by atoms with Gasteiger partial charge in [-0.05, 0) is 41.8 Å². The lowest BCUT2D eigenvalue weighted by Gasteiger charge is -2.23. The second kappa shape index (κ2) is 12.9. The van der Waals surface area contributed by atoms with Gasteiger partial charge in [0.25, 0.3) is 11.8 Å². The first kappa shape index (κ1) is 27.6. The van der Waals surface area contributed by atoms with E-state index in [2.05, 4.69) is 10.6 Å². The third kappa shape index (κ3) is 6.90. The van der Waals surface area contributed by atoms with Gasteiger partial charge in [0.2, 0.25) is 11.8 Å². The lowest BCUT2D eigenvalue weighted by Crippen LogP contribution is -2.43. The maximum absolute atomic E-state index is 12.7. The van der Waals surface area contributed by atoms with Gasteiger partial charge in [0.05, 0.1) is 0 Å². The molecular formula is C31H34N4O4. The van der Waals surface area contributed by atoms with Crippen molar-refractivity contribution < 1.29 is 19.2 Å². The van der Waals surface area contributed by atoms with E-state index in [-0.39, 0.29) is 23.6 Å². The first-order valence-corrected chi connectivity index (χ1v) is 13.3. The molecule has 0 bridgehead atoms. The van der Waals surface area contributed by atoms with Gasteiger partial charge in [0.1, 0.15) is 12.1 Å². The third-order valence-electron chi connectivity index (χ3n) is 6.68. The zero-order chi connectivity index (χ0) is 27.8. The molecule has 0 fully saturated rings. The number of rotatable bonds is 9. The number of amides is 4. The molecule has 2 atom stereocenters. The van der Waals surface area contributed by atoms with Crippen LogP contribution in [-0.2, 0) is 19.2 Å². The van der Waals surface area contributed by atoms with E-state index in [0.29, 0.717) is 37.3 Å². The summed E-state index contributed by atoms with van der Waals surface area (Å²) in [6.45, 7) is 4.65. The molecule has 0 saturated heterocycles. The summed E-state index contributed by atoms with van der Waals surface area (Å²) in [5, 5.41) is 5.78. The van der Waals surface area contributed by atoms with Crippen LogP contribution in [0.3, 0.4) is 0 Å². The number of hydrogen-bond acceptors (Lipinski definition) is 4. The van der Waals surface area contributed by atoms with E-state index in [1.807, 2.05) is 79.8 Å². The highest BCUT2D eigenvalue weighted by molar-refractivity contribution is 6.00. The molecular weight excluding hydrogens is 492 g/mol. The smallest absolute Gasteiger partial charge is 0.251 e. The van der Waals surface area contributed by atoms with Crippen molar-refractivity contribution in [3.63, 3.8) is 0 Å². The first-order chi connectivity index (χ1) is 18.9. The fraction of sp³-hybridized carbons (Fsp3) is 0.290. The molecule has 0 saturated carbocycles. The van der Waals surface area contributed by atoms with Crippen molar-refractivity contribution in [2.24, 2.45) is 0 Å². The Bertz CT molecular complexity index is 1290. The summed E-state index contributed by atoms with van der Waals surface area (Å²) in [5.41, 5.74) is 3.24. The molecule has 2 N–H and O–H groups in total. The highest BCUT2D eigenvalue weighted by Crippen LogP contribution is 2.19. The fourth-order valence-electron chi connectivity index (χ4n) is 4.55. The number of benzene rings is 2. The quantitative estimate of drug-likeness (QED) is 0.372. The zero-order valence-corrected chi connectivity index (χ0v) is 22.3. The SMILES string of the molecule is CCCC(=O)N1CC=C[C@H]1C(=O)Nc1ccc(C=Cc2ccc(NC(=O)[C@@H]3C=CCN3C(=O)CC)cc2)cc1. The van der Waals surface area contributed by atoms with Crippen molar-refractivity contribution in [2.75, 3.05) is 23.7 Å². The van der Waals surface area contributed by atoms with Gasteiger partial charge in [-0.3, -0.25) is 19.2 Å². The predicted octanol–water partition coefficient (Wildman–Crippen LogP) is 4.48. The molecule has 0 unspecified atom stereocenters. The van der Waals surface area contributed by atoms with Gasteiger partial charge in [-0.15, -0.1) is 0 Å². The zero-order valence-electron chi connectivity index (χ0n) is 22.3. The first-order valence-electron chi connectivity index (χ1n) is 13.3. The summed E-state index contributed by atoms with van der Waals surface area (Å²) in [4.78, 5) is 52.9. The van der Waals surface area contributed by atoms with Crippen LogP contribution < -0.4 is 10.6 Å². The number of anilines is 2. The van der Waals surface area contributed by atoms with Crippen LogP contribution >= 0.6 is 0 Å². The Morgan fingerprint density at radius 2 is 1.15 bits per heavy atom. The molecule has 8 nitrogen and oxygen atoms in total. The minimum Gasteiger partial charge on any atom is -0.324 e. The maximum atomic E-state index is 12.7. The van der Waals surface area contributed by atoms with Crippen molar-refractivity contribution in [3.8, 4) is 0 Å². The van der Waals surface area contributed by atoms with Crippen LogP contribution in [-0.4, -0.2) is 58.6 Å². The normalized spacial score (nSPS) is 18.1. The van der Waals surface area contributed by atoms with E-state index >= 15 is 0 Å². The molecule has 0 spiro atoms. The van der Waals surface area contributed by atoms with E-state index < -0.39 is 12.1 Å². The van der Waals surface area contributed by atoms with E-state index in [9.17, 15) is 19.2 Å². The summed E-state index contributed by atoms with van der Waals surface area (Å²) in [6.07, 6.45) is 12.7. The minimum atomic E-state index is -0.582. The van der Waals surface area contributed by atoms with Gasteiger partial charge in [-0.1, -0.05) is 74.6 Å². The molecule has 8 heteroatoms. The predicted molar refractivity (Wildman–Crippen MR) is 154 cm³/mol. The third-order valence-corrected chi connectivity index (χ3v) is 6.68. The maximum Gasteiger partial charge on any atom is 0.251 e. The van der Waals surface area contributed by atoms with Gasteiger partial charge in [-0.2, -0.15) is 0 Å². The molecule has 2 aliphatic rings. The average molecular weight is 527 g/mol. The Kier molecular flexibility index (Phi) is 9.10. The lowest BCUT2D eigenvalue weighted by atomic mass is 10.1. The molecule has 0 radical (unpaired) electrons. The van der Waals surface area contributed by atoms with Crippen LogP contribution in [0.2, 0.25) is 0 Å². The molecule has 2 aromatic rings. The van der Waals surface area contributed by atoms with Crippen LogP contribution in [0.5, 0.6) is 0 Å². The van der Waals surface area contributed by atoms with Crippen molar-refractivity contribution in [1.82, 2.24) is 9.80 Å². The Hall–Kier alpha value is -4.46. The van der Waals surface area contributed by atoms with Gasteiger partial charge in [-0.25, -0.2) is 0 Å². The van der Waals surface area contributed by atoms with Crippen LogP contribution in [0.1, 0.15) is 44.2 Å². The van der Waals surface area contributed by atoms with Gasteiger partial charge in [0, 0.05) is 37.3 Å². The fourth-order valence-corrected chi connectivity index (χ4v) is 4.55. The standard InChI is InChI=1S/C31H34N4O4/c1-3-7-29(37)35-21-6-9-27(35)31(39)33-25-18-14-23(15-19-25)11-10-22-12-16-24(17-13-22)32-30(38)26-8-5-20-34(26)28(36)4-2/h5-6,8-19,26-27H,3-4,7,20-21H2,1-2H3,(H,32,38)(H,33,39)/t26-,27-/m0/s1. The Morgan fingerprint density at radius 1 is 0.718 bits per heavy atom. The van der Waals surface area contributed by atoms with Gasteiger partial charge in [0.15, 0.2) is 0 Å². The van der Waals surface area contributed by atoms with Crippen molar-refractivity contribution in [3.05, 3.63) is 84.0 Å². The van der Waals surface area contributed by atoms with Crippen molar-refractivity contribution in [1.29, 1.82) is 0 Å². The largest absolute Gasteiger partial charge is 0.324 e. The summed E-state index contributed by atoms with van der Waals surface area (Å²) >= 11 is 0. The summed E-state index contributed by atoms with van der Waals surface area (Å²) < 4.78 is 0. The molecule has 4 amide bonds. The lowest BCUT2D eigenvalue weighted by molar-refractivity contribution is -0.136. The van der Waals surface area contributed by atoms with E-state index in [0.717, 1.165) is 17.5 Å².